The second-order valence-electron chi connectivity index (χ2n) is 7.28. The van der Waals surface area contributed by atoms with Crippen LogP contribution in [0.25, 0.3) is 6.08 Å². The standard InChI is InChI=1S/C22H31N3O4/c1-16(24-20(26)13-10-17-8-11-19(29-2)12-9-17)22(28)23-15-14-21(27)25-18-6-4-3-5-7-18/h8-13,16,18H,3-7,14-15H2,1-2H3,(H,23,28)(H,24,26)(H,25,27). The first-order valence-electron chi connectivity index (χ1n) is 10.2. The van der Waals surface area contributed by atoms with Crippen LogP contribution in [0, 0.1) is 0 Å². The van der Waals surface area contributed by atoms with Crippen LogP contribution in [-0.4, -0.2) is 43.5 Å². The average molecular weight is 402 g/mol. The molecule has 7 heteroatoms. The maximum Gasteiger partial charge on any atom is 0.244 e. The van der Waals surface area contributed by atoms with Gasteiger partial charge in [0, 0.05) is 25.1 Å². The van der Waals surface area contributed by atoms with Crippen LogP contribution in [0.5, 0.6) is 5.75 Å². The zero-order chi connectivity index (χ0) is 21.1. The highest BCUT2D eigenvalue weighted by atomic mass is 16.5. The molecule has 1 aromatic carbocycles. The Kier molecular flexibility index (Phi) is 9.21. The Bertz CT molecular complexity index is 709. The molecule has 0 saturated heterocycles. The Morgan fingerprint density at radius 2 is 1.83 bits per heavy atom. The zero-order valence-corrected chi connectivity index (χ0v) is 17.2. The normalized spacial score (nSPS) is 15.5. The van der Waals surface area contributed by atoms with Crippen molar-refractivity contribution in [2.75, 3.05) is 13.7 Å². The molecule has 1 aromatic rings. The third-order valence-electron chi connectivity index (χ3n) is 4.92. The van der Waals surface area contributed by atoms with Gasteiger partial charge in [-0.15, -0.1) is 0 Å². The third-order valence-corrected chi connectivity index (χ3v) is 4.92. The second kappa shape index (κ2) is 11.9. The molecular formula is C22H31N3O4. The molecule has 0 aromatic heterocycles. The van der Waals surface area contributed by atoms with Crippen LogP contribution in [0.4, 0.5) is 0 Å². The van der Waals surface area contributed by atoms with Crippen LogP contribution < -0.4 is 20.7 Å². The summed E-state index contributed by atoms with van der Waals surface area (Å²) in [7, 11) is 1.59. The summed E-state index contributed by atoms with van der Waals surface area (Å²) in [6.07, 6.45) is 8.90. The molecule has 7 nitrogen and oxygen atoms in total. The van der Waals surface area contributed by atoms with Gasteiger partial charge in [0.1, 0.15) is 11.8 Å². The van der Waals surface area contributed by atoms with Crippen LogP contribution in [0.2, 0.25) is 0 Å². The van der Waals surface area contributed by atoms with Crippen molar-refractivity contribution in [3.63, 3.8) is 0 Å². The van der Waals surface area contributed by atoms with Gasteiger partial charge in [-0.3, -0.25) is 14.4 Å². The Labute approximate surface area is 172 Å². The van der Waals surface area contributed by atoms with Gasteiger partial charge < -0.3 is 20.7 Å². The number of carbonyl (C=O) groups is 3. The molecule has 0 aliphatic heterocycles. The van der Waals surface area contributed by atoms with Crippen molar-refractivity contribution in [2.45, 2.75) is 57.5 Å². The first-order valence-corrected chi connectivity index (χ1v) is 10.2. The molecule has 29 heavy (non-hydrogen) atoms. The predicted molar refractivity (Wildman–Crippen MR) is 112 cm³/mol. The Morgan fingerprint density at radius 3 is 2.48 bits per heavy atom. The zero-order valence-electron chi connectivity index (χ0n) is 17.2. The quantitative estimate of drug-likeness (QED) is 0.553. The summed E-state index contributed by atoms with van der Waals surface area (Å²) in [6, 6.07) is 6.84. The second-order valence-corrected chi connectivity index (χ2v) is 7.28. The molecule has 1 unspecified atom stereocenters. The van der Waals surface area contributed by atoms with Crippen molar-refractivity contribution >= 4 is 23.8 Å². The molecule has 158 valence electrons. The van der Waals surface area contributed by atoms with Crippen LogP contribution >= 0.6 is 0 Å². The Hall–Kier alpha value is -2.83. The van der Waals surface area contributed by atoms with Crippen LogP contribution in [-0.2, 0) is 14.4 Å². The number of hydrogen-bond acceptors (Lipinski definition) is 4. The van der Waals surface area contributed by atoms with E-state index >= 15 is 0 Å². The number of rotatable bonds is 9. The van der Waals surface area contributed by atoms with Crippen molar-refractivity contribution in [1.29, 1.82) is 0 Å². The molecule has 1 fully saturated rings. The third kappa shape index (κ3) is 8.37. The molecular weight excluding hydrogens is 370 g/mol. The summed E-state index contributed by atoms with van der Waals surface area (Å²) in [5.74, 6) is 0.0146. The fourth-order valence-electron chi connectivity index (χ4n) is 3.21. The number of amides is 3. The van der Waals surface area contributed by atoms with E-state index in [0.29, 0.717) is 0 Å². The Balaban J connectivity index is 1.65. The van der Waals surface area contributed by atoms with Crippen molar-refractivity contribution in [3.05, 3.63) is 35.9 Å². The minimum atomic E-state index is -0.690. The molecule has 1 aliphatic carbocycles. The van der Waals surface area contributed by atoms with Crippen LogP contribution in [0.1, 0.15) is 51.0 Å². The van der Waals surface area contributed by atoms with Gasteiger partial charge >= 0.3 is 0 Å². The van der Waals surface area contributed by atoms with E-state index in [1.54, 1.807) is 32.2 Å². The van der Waals surface area contributed by atoms with Crippen molar-refractivity contribution in [2.24, 2.45) is 0 Å². The van der Waals surface area contributed by atoms with E-state index in [2.05, 4.69) is 16.0 Å². The van der Waals surface area contributed by atoms with Gasteiger partial charge in [-0.2, -0.15) is 0 Å². The minimum Gasteiger partial charge on any atom is -0.497 e. The van der Waals surface area contributed by atoms with E-state index < -0.39 is 6.04 Å². The van der Waals surface area contributed by atoms with Crippen molar-refractivity contribution < 1.29 is 19.1 Å². The lowest BCUT2D eigenvalue weighted by Crippen LogP contribution is -2.45. The van der Waals surface area contributed by atoms with Crippen molar-refractivity contribution in [3.8, 4) is 5.75 Å². The molecule has 0 heterocycles. The highest BCUT2D eigenvalue weighted by Crippen LogP contribution is 2.17. The highest BCUT2D eigenvalue weighted by Gasteiger charge is 2.17. The van der Waals surface area contributed by atoms with E-state index in [1.807, 2.05) is 12.1 Å². The summed E-state index contributed by atoms with van der Waals surface area (Å²) in [6.45, 7) is 1.86. The molecule has 0 radical (unpaired) electrons. The maximum atomic E-state index is 12.1. The largest absolute Gasteiger partial charge is 0.497 e. The SMILES string of the molecule is COc1ccc(C=CC(=O)NC(C)C(=O)NCCC(=O)NC2CCCCC2)cc1. The number of benzene rings is 1. The van der Waals surface area contributed by atoms with Crippen LogP contribution in [0.3, 0.4) is 0 Å². The first kappa shape index (κ1) is 22.5. The monoisotopic (exact) mass is 401 g/mol. The summed E-state index contributed by atoms with van der Waals surface area (Å²) < 4.78 is 5.09. The van der Waals surface area contributed by atoms with E-state index in [9.17, 15) is 14.4 Å². The van der Waals surface area contributed by atoms with Crippen LogP contribution in [0.15, 0.2) is 30.3 Å². The number of carbonyl (C=O) groups excluding carboxylic acids is 3. The fraction of sp³-hybridized carbons (Fsp3) is 0.500. The van der Waals surface area contributed by atoms with E-state index in [-0.39, 0.29) is 36.7 Å². The van der Waals surface area contributed by atoms with Gasteiger partial charge in [-0.05, 0) is 43.5 Å². The number of nitrogens with one attached hydrogen (secondary N) is 3. The molecule has 1 aliphatic rings. The molecule has 0 spiro atoms. The number of hydrogen-bond donors (Lipinski definition) is 3. The fourth-order valence-corrected chi connectivity index (χ4v) is 3.21. The van der Waals surface area contributed by atoms with E-state index in [0.717, 1.165) is 37.0 Å². The lowest BCUT2D eigenvalue weighted by atomic mass is 9.95. The van der Waals surface area contributed by atoms with Gasteiger partial charge in [-0.25, -0.2) is 0 Å². The van der Waals surface area contributed by atoms with Gasteiger partial charge in [-0.1, -0.05) is 31.4 Å². The molecule has 0 bridgehead atoms. The molecule has 1 atom stereocenters. The first-order chi connectivity index (χ1) is 14.0. The summed E-state index contributed by atoms with van der Waals surface area (Å²) in [4.78, 5) is 36.0. The summed E-state index contributed by atoms with van der Waals surface area (Å²) >= 11 is 0. The van der Waals surface area contributed by atoms with Gasteiger partial charge in [0.15, 0.2) is 0 Å². The topological polar surface area (TPSA) is 96.5 Å². The number of methoxy groups -OCH3 is 1. The molecule has 1 saturated carbocycles. The van der Waals surface area contributed by atoms with E-state index in [4.69, 9.17) is 4.74 Å². The average Bonchev–Trinajstić information content (AvgIpc) is 2.73. The van der Waals surface area contributed by atoms with E-state index in [1.165, 1.54) is 12.5 Å². The van der Waals surface area contributed by atoms with Gasteiger partial charge in [0.05, 0.1) is 7.11 Å². The van der Waals surface area contributed by atoms with Crippen molar-refractivity contribution in [1.82, 2.24) is 16.0 Å². The Morgan fingerprint density at radius 1 is 1.14 bits per heavy atom. The summed E-state index contributed by atoms with van der Waals surface area (Å²) in [5, 5.41) is 8.32. The predicted octanol–water partition coefficient (Wildman–Crippen LogP) is 2.17. The lowest BCUT2D eigenvalue weighted by Gasteiger charge is -2.22. The minimum absolute atomic E-state index is 0.0451. The highest BCUT2D eigenvalue weighted by molar-refractivity contribution is 5.95. The molecule has 3 N–H and O–H groups in total. The smallest absolute Gasteiger partial charge is 0.244 e. The number of ether oxygens (including phenoxy) is 1. The van der Waals surface area contributed by atoms with Gasteiger partial charge in [0.2, 0.25) is 17.7 Å². The maximum absolute atomic E-state index is 12.1. The summed E-state index contributed by atoms with van der Waals surface area (Å²) in [5.41, 5.74) is 0.849. The lowest BCUT2D eigenvalue weighted by molar-refractivity contribution is -0.127. The van der Waals surface area contributed by atoms with Gasteiger partial charge in [0.25, 0.3) is 0 Å². The molecule has 3 amide bonds. The molecule has 2 rings (SSSR count).